The molecule has 1 nitrogen and oxygen atoms in total. The van der Waals surface area contributed by atoms with Crippen LogP contribution in [0.1, 0.15) is 32.3 Å². The van der Waals surface area contributed by atoms with E-state index < -0.39 is 0 Å². The SMILES string of the molecule is CC(C)(N)C1(c2ccc(Br)c(Cl)c2)CC1. The third-order valence-electron chi connectivity index (χ3n) is 3.46. The second-order valence-electron chi connectivity index (χ2n) is 4.93. The van der Waals surface area contributed by atoms with Gasteiger partial charge in [0.2, 0.25) is 0 Å². The van der Waals surface area contributed by atoms with Crippen LogP contribution in [0.4, 0.5) is 0 Å². The van der Waals surface area contributed by atoms with Crippen LogP contribution in [0.25, 0.3) is 0 Å². The second-order valence-corrected chi connectivity index (χ2v) is 6.19. The summed E-state index contributed by atoms with van der Waals surface area (Å²) in [4.78, 5) is 0. The third-order valence-corrected chi connectivity index (χ3v) is 4.69. The maximum atomic E-state index is 6.24. The van der Waals surface area contributed by atoms with Gasteiger partial charge in [0.05, 0.1) is 5.02 Å². The van der Waals surface area contributed by atoms with Crippen LogP contribution >= 0.6 is 27.5 Å². The Kier molecular flexibility index (Phi) is 2.65. The molecule has 82 valence electrons. The molecule has 1 aliphatic carbocycles. The van der Waals surface area contributed by atoms with Crippen molar-refractivity contribution in [3.8, 4) is 0 Å². The summed E-state index contributed by atoms with van der Waals surface area (Å²) in [6, 6.07) is 6.16. The fraction of sp³-hybridized carbons (Fsp3) is 0.500. The highest BCUT2D eigenvalue weighted by Gasteiger charge is 2.53. The fourth-order valence-electron chi connectivity index (χ4n) is 2.22. The summed E-state index contributed by atoms with van der Waals surface area (Å²) in [5, 5.41) is 0.767. The smallest absolute Gasteiger partial charge is 0.0551 e. The zero-order valence-electron chi connectivity index (χ0n) is 8.98. The average Bonchev–Trinajstić information content (AvgIpc) is 2.88. The van der Waals surface area contributed by atoms with Gasteiger partial charge in [0.15, 0.2) is 0 Å². The average molecular weight is 289 g/mol. The number of hydrogen-bond donors (Lipinski definition) is 1. The van der Waals surface area contributed by atoms with E-state index >= 15 is 0 Å². The van der Waals surface area contributed by atoms with Gasteiger partial charge in [0.1, 0.15) is 0 Å². The van der Waals surface area contributed by atoms with Gasteiger partial charge in [-0.25, -0.2) is 0 Å². The van der Waals surface area contributed by atoms with E-state index in [0.29, 0.717) is 0 Å². The van der Waals surface area contributed by atoms with Crippen LogP contribution in [-0.4, -0.2) is 5.54 Å². The van der Waals surface area contributed by atoms with Gasteiger partial charge < -0.3 is 5.73 Å². The Hall–Kier alpha value is -0.0500. The Bertz CT molecular complexity index is 391. The maximum Gasteiger partial charge on any atom is 0.0551 e. The molecular formula is C12H15BrClN. The van der Waals surface area contributed by atoms with E-state index in [1.165, 1.54) is 5.56 Å². The highest BCUT2D eigenvalue weighted by molar-refractivity contribution is 9.10. The molecule has 1 saturated carbocycles. The fourth-order valence-corrected chi connectivity index (χ4v) is 2.65. The highest BCUT2D eigenvalue weighted by Crippen LogP contribution is 2.55. The molecule has 0 amide bonds. The number of nitrogens with two attached hydrogens (primary N) is 1. The molecule has 2 N–H and O–H groups in total. The lowest BCUT2D eigenvalue weighted by Crippen LogP contribution is -2.45. The molecule has 3 heteroatoms. The van der Waals surface area contributed by atoms with Crippen molar-refractivity contribution in [1.29, 1.82) is 0 Å². The van der Waals surface area contributed by atoms with Crippen molar-refractivity contribution >= 4 is 27.5 Å². The summed E-state index contributed by atoms with van der Waals surface area (Å²) >= 11 is 9.51. The van der Waals surface area contributed by atoms with E-state index in [-0.39, 0.29) is 11.0 Å². The summed E-state index contributed by atoms with van der Waals surface area (Å²) in [6.45, 7) is 4.19. The van der Waals surface area contributed by atoms with Crippen LogP contribution in [0.2, 0.25) is 5.02 Å². The standard InChI is InChI=1S/C12H15BrClN/c1-11(2,15)12(5-6-12)8-3-4-9(13)10(14)7-8/h3-4,7H,5-6,15H2,1-2H3. The first-order valence-corrected chi connectivity index (χ1v) is 6.28. The molecule has 0 unspecified atom stereocenters. The molecule has 0 aliphatic heterocycles. The van der Waals surface area contributed by atoms with Crippen LogP contribution < -0.4 is 5.73 Å². The lowest BCUT2D eigenvalue weighted by Gasteiger charge is -2.31. The normalized spacial score (nSPS) is 19.0. The van der Waals surface area contributed by atoms with Gasteiger partial charge in [-0.3, -0.25) is 0 Å². The molecule has 1 aromatic rings. The van der Waals surface area contributed by atoms with Crippen molar-refractivity contribution < 1.29 is 0 Å². The van der Waals surface area contributed by atoms with E-state index in [4.69, 9.17) is 17.3 Å². The molecule has 0 bridgehead atoms. The van der Waals surface area contributed by atoms with Gasteiger partial charge in [-0.15, -0.1) is 0 Å². The number of hydrogen-bond acceptors (Lipinski definition) is 1. The summed E-state index contributed by atoms with van der Waals surface area (Å²) < 4.78 is 0.943. The van der Waals surface area contributed by atoms with E-state index in [1.807, 2.05) is 12.1 Å². The molecule has 1 aromatic carbocycles. The first kappa shape index (κ1) is 11.4. The summed E-state index contributed by atoms with van der Waals surface area (Å²) in [5.74, 6) is 0. The van der Waals surface area contributed by atoms with Crippen molar-refractivity contribution in [1.82, 2.24) is 0 Å². The van der Waals surface area contributed by atoms with E-state index in [2.05, 4.69) is 35.8 Å². The first-order valence-electron chi connectivity index (χ1n) is 5.11. The molecule has 0 spiro atoms. The minimum absolute atomic E-state index is 0.136. The quantitative estimate of drug-likeness (QED) is 0.878. The predicted octanol–water partition coefficient (Wildman–Crippen LogP) is 3.87. The molecule has 2 rings (SSSR count). The number of rotatable bonds is 2. The zero-order chi connectivity index (χ0) is 11.3. The Balaban J connectivity index is 2.43. The molecule has 0 aromatic heterocycles. The molecule has 0 saturated heterocycles. The zero-order valence-corrected chi connectivity index (χ0v) is 11.3. The molecule has 1 aliphatic rings. The summed E-state index contributed by atoms with van der Waals surface area (Å²) in [6.07, 6.45) is 2.32. The highest BCUT2D eigenvalue weighted by atomic mass is 79.9. The van der Waals surface area contributed by atoms with Gasteiger partial charge in [0, 0.05) is 15.4 Å². The van der Waals surface area contributed by atoms with Crippen molar-refractivity contribution in [3.63, 3.8) is 0 Å². The molecule has 15 heavy (non-hydrogen) atoms. The molecule has 0 radical (unpaired) electrons. The molecule has 1 fully saturated rings. The monoisotopic (exact) mass is 287 g/mol. The van der Waals surface area contributed by atoms with Gasteiger partial charge >= 0.3 is 0 Å². The Labute approximate surface area is 104 Å². The second kappa shape index (κ2) is 3.47. The van der Waals surface area contributed by atoms with Gasteiger partial charge in [-0.05, 0) is 60.3 Å². The van der Waals surface area contributed by atoms with E-state index in [9.17, 15) is 0 Å². The molecular weight excluding hydrogens is 273 g/mol. The van der Waals surface area contributed by atoms with Gasteiger partial charge in [-0.1, -0.05) is 17.7 Å². The van der Waals surface area contributed by atoms with Crippen LogP contribution in [0.15, 0.2) is 22.7 Å². The Morgan fingerprint density at radius 2 is 2.00 bits per heavy atom. The van der Waals surface area contributed by atoms with Crippen molar-refractivity contribution in [3.05, 3.63) is 33.3 Å². The third kappa shape index (κ3) is 1.83. The van der Waals surface area contributed by atoms with Crippen LogP contribution in [0.3, 0.4) is 0 Å². The van der Waals surface area contributed by atoms with E-state index in [0.717, 1.165) is 22.3 Å². The van der Waals surface area contributed by atoms with Crippen molar-refractivity contribution in [2.75, 3.05) is 0 Å². The van der Waals surface area contributed by atoms with Crippen LogP contribution in [0, 0.1) is 0 Å². The maximum absolute atomic E-state index is 6.24. The molecule has 0 heterocycles. The molecule has 0 atom stereocenters. The first-order chi connectivity index (χ1) is 6.87. The van der Waals surface area contributed by atoms with E-state index in [1.54, 1.807) is 0 Å². The van der Waals surface area contributed by atoms with Crippen LogP contribution in [0.5, 0.6) is 0 Å². The number of halogens is 2. The van der Waals surface area contributed by atoms with Gasteiger partial charge in [0.25, 0.3) is 0 Å². The minimum atomic E-state index is -0.176. The minimum Gasteiger partial charge on any atom is -0.325 e. The number of benzene rings is 1. The van der Waals surface area contributed by atoms with Crippen molar-refractivity contribution in [2.24, 2.45) is 5.73 Å². The summed E-state index contributed by atoms with van der Waals surface area (Å²) in [5.41, 5.74) is 7.47. The lowest BCUT2D eigenvalue weighted by atomic mass is 9.79. The van der Waals surface area contributed by atoms with Gasteiger partial charge in [-0.2, -0.15) is 0 Å². The Morgan fingerprint density at radius 1 is 1.40 bits per heavy atom. The topological polar surface area (TPSA) is 26.0 Å². The predicted molar refractivity (Wildman–Crippen MR) is 68.3 cm³/mol. The van der Waals surface area contributed by atoms with Crippen LogP contribution in [-0.2, 0) is 5.41 Å². The summed E-state index contributed by atoms with van der Waals surface area (Å²) in [7, 11) is 0. The lowest BCUT2D eigenvalue weighted by molar-refractivity contribution is 0.391. The van der Waals surface area contributed by atoms with Crippen molar-refractivity contribution in [2.45, 2.75) is 37.6 Å². The Morgan fingerprint density at radius 3 is 2.40 bits per heavy atom. The largest absolute Gasteiger partial charge is 0.325 e.